The largest absolute Gasteiger partial charge is 0.379 e. The molecule has 0 aliphatic carbocycles. The molecule has 1 aromatic rings. The van der Waals surface area contributed by atoms with Crippen molar-refractivity contribution in [2.24, 2.45) is 11.8 Å². The first kappa shape index (κ1) is 24.1. The van der Waals surface area contributed by atoms with E-state index in [4.69, 9.17) is 4.74 Å². The van der Waals surface area contributed by atoms with Crippen molar-refractivity contribution in [3.8, 4) is 0 Å². The van der Waals surface area contributed by atoms with Crippen LogP contribution in [0.2, 0.25) is 0 Å². The molecule has 0 radical (unpaired) electrons. The van der Waals surface area contributed by atoms with Gasteiger partial charge in [0.2, 0.25) is 15.9 Å². The van der Waals surface area contributed by atoms with Crippen LogP contribution < -0.4 is 0 Å². The Bertz CT molecular complexity index is 987. The molecule has 0 unspecified atom stereocenters. The fourth-order valence-electron chi connectivity index (χ4n) is 4.36. The Morgan fingerprint density at radius 2 is 2.00 bits per heavy atom. The van der Waals surface area contributed by atoms with E-state index in [1.54, 1.807) is 16.4 Å². The number of amides is 2. The molecule has 2 saturated heterocycles. The Hall–Kier alpha value is -1.53. The predicted molar refractivity (Wildman–Crippen MR) is 118 cm³/mol. The van der Waals surface area contributed by atoms with Gasteiger partial charge in [0, 0.05) is 25.0 Å². The van der Waals surface area contributed by atoms with Crippen LogP contribution >= 0.6 is 23.7 Å². The zero-order valence-electron chi connectivity index (χ0n) is 17.7. The molecule has 4 heterocycles. The van der Waals surface area contributed by atoms with Gasteiger partial charge < -0.3 is 9.64 Å². The molecule has 31 heavy (non-hydrogen) atoms. The summed E-state index contributed by atoms with van der Waals surface area (Å²) in [5.41, 5.74) is 0.726. The molecule has 172 valence electrons. The maximum absolute atomic E-state index is 13.3. The molecule has 2 amide bonds. The third-order valence-corrected chi connectivity index (χ3v) is 7.63. The lowest BCUT2D eigenvalue weighted by molar-refractivity contribution is -0.128. The number of hydrogen-bond donors (Lipinski definition) is 0. The van der Waals surface area contributed by atoms with Gasteiger partial charge in [-0.3, -0.25) is 14.5 Å². The third kappa shape index (κ3) is 4.51. The molecule has 0 aromatic carbocycles. The molecule has 4 rings (SSSR count). The molecular weight excluding hydrogens is 464 g/mol. The minimum Gasteiger partial charge on any atom is -0.379 e. The van der Waals surface area contributed by atoms with E-state index in [1.165, 1.54) is 11.3 Å². The fourth-order valence-corrected chi connectivity index (χ4v) is 6.18. The average molecular weight is 491 g/mol. The SMILES string of the molecule is CC(C)[C@@H]1C(=O)N(S(C)(=O)=O)C2=CCN(C(=O)c3csc(CN4CCOCC4)n3)[C@H]21.Cl. The minimum atomic E-state index is -3.75. The summed E-state index contributed by atoms with van der Waals surface area (Å²) in [6.45, 7) is 7.74. The number of aromatic nitrogens is 1. The van der Waals surface area contributed by atoms with Crippen LogP contribution in [0.4, 0.5) is 0 Å². The number of thiazole rings is 1. The Balaban J connectivity index is 0.00000272. The number of nitrogens with zero attached hydrogens (tertiary/aromatic N) is 4. The van der Waals surface area contributed by atoms with Crippen LogP contribution in [0.1, 0.15) is 29.3 Å². The monoisotopic (exact) mass is 490 g/mol. The normalized spacial score (nSPS) is 24.4. The third-order valence-electron chi connectivity index (χ3n) is 5.74. The smallest absolute Gasteiger partial charge is 0.274 e. The van der Waals surface area contributed by atoms with Crippen molar-refractivity contribution in [3.05, 3.63) is 27.9 Å². The van der Waals surface area contributed by atoms with E-state index >= 15 is 0 Å². The lowest BCUT2D eigenvalue weighted by Crippen LogP contribution is -2.43. The van der Waals surface area contributed by atoms with Crippen molar-refractivity contribution in [2.45, 2.75) is 26.4 Å². The Labute approximate surface area is 192 Å². The fraction of sp³-hybridized carbons (Fsp3) is 0.632. The quantitative estimate of drug-likeness (QED) is 0.611. The van der Waals surface area contributed by atoms with Gasteiger partial charge in [-0.1, -0.05) is 13.8 Å². The van der Waals surface area contributed by atoms with Crippen molar-refractivity contribution in [2.75, 3.05) is 39.1 Å². The molecule has 0 bridgehead atoms. The average Bonchev–Trinajstić information content (AvgIpc) is 3.35. The predicted octanol–water partition coefficient (Wildman–Crippen LogP) is 1.18. The summed E-state index contributed by atoms with van der Waals surface area (Å²) in [6, 6.07) is -0.580. The maximum Gasteiger partial charge on any atom is 0.274 e. The maximum atomic E-state index is 13.3. The summed E-state index contributed by atoms with van der Waals surface area (Å²) in [6.07, 6.45) is 2.69. The number of hydrogen-bond acceptors (Lipinski definition) is 8. The Morgan fingerprint density at radius 1 is 1.32 bits per heavy atom. The molecule has 2 fully saturated rings. The highest BCUT2D eigenvalue weighted by Crippen LogP contribution is 2.41. The summed E-state index contributed by atoms with van der Waals surface area (Å²) in [5.74, 6) is -1.45. The van der Waals surface area contributed by atoms with Gasteiger partial charge in [0.05, 0.1) is 43.7 Å². The second-order valence-electron chi connectivity index (χ2n) is 8.18. The van der Waals surface area contributed by atoms with Crippen LogP contribution in [0.5, 0.6) is 0 Å². The van der Waals surface area contributed by atoms with E-state index in [0.29, 0.717) is 31.1 Å². The lowest BCUT2D eigenvalue weighted by atomic mass is 9.89. The molecule has 0 N–H and O–H groups in total. The number of sulfonamides is 1. The second kappa shape index (κ2) is 9.14. The van der Waals surface area contributed by atoms with E-state index in [9.17, 15) is 18.0 Å². The molecular formula is C19H27ClN4O5S2. The Morgan fingerprint density at radius 3 is 2.61 bits per heavy atom. The van der Waals surface area contributed by atoms with E-state index in [1.807, 2.05) is 13.8 Å². The molecule has 1 aromatic heterocycles. The number of fused-ring (bicyclic) bond motifs is 1. The van der Waals surface area contributed by atoms with Crippen LogP contribution in [0.3, 0.4) is 0 Å². The number of ether oxygens (including phenoxy) is 1. The zero-order valence-corrected chi connectivity index (χ0v) is 20.1. The first-order valence-corrected chi connectivity index (χ1v) is 12.7. The number of carbonyl (C=O) groups excluding carboxylic acids is 2. The molecule has 3 aliphatic heterocycles. The summed E-state index contributed by atoms with van der Waals surface area (Å²) in [5, 5.41) is 2.60. The highest BCUT2D eigenvalue weighted by Gasteiger charge is 2.54. The van der Waals surface area contributed by atoms with Gasteiger partial charge in [-0.15, -0.1) is 23.7 Å². The van der Waals surface area contributed by atoms with Gasteiger partial charge >= 0.3 is 0 Å². The molecule has 0 saturated carbocycles. The highest BCUT2D eigenvalue weighted by atomic mass is 35.5. The van der Waals surface area contributed by atoms with Gasteiger partial charge in [0.1, 0.15) is 10.7 Å². The summed E-state index contributed by atoms with van der Waals surface area (Å²) >= 11 is 1.44. The van der Waals surface area contributed by atoms with E-state index < -0.39 is 27.9 Å². The molecule has 3 aliphatic rings. The first-order valence-electron chi connectivity index (χ1n) is 9.98. The molecule has 2 atom stereocenters. The van der Waals surface area contributed by atoms with E-state index in [0.717, 1.165) is 28.7 Å². The van der Waals surface area contributed by atoms with Crippen LogP contribution in [0, 0.1) is 11.8 Å². The van der Waals surface area contributed by atoms with E-state index in [-0.39, 0.29) is 30.8 Å². The second-order valence-corrected chi connectivity index (χ2v) is 11.0. The standard InChI is InChI=1S/C19H26N4O5S2.ClH/c1-12(2)16-17-14(23(19(16)25)30(3,26)27)4-5-22(17)18(24)13-11-29-15(20-13)10-21-6-8-28-9-7-21;/h4,11-12,16-17H,5-10H2,1-3H3;1H/t16-,17+;/m0./s1. The summed E-state index contributed by atoms with van der Waals surface area (Å²) in [7, 11) is -3.75. The van der Waals surface area contributed by atoms with Crippen LogP contribution in [0.25, 0.3) is 0 Å². The van der Waals surface area contributed by atoms with Gasteiger partial charge in [0.15, 0.2) is 0 Å². The van der Waals surface area contributed by atoms with E-state index in [2.05, 4.69) is 9.88 Å². The lowest BCUT2D eigenvalue weighted by Gasteiger charge is -2.28. The van der Waals surface area contributed by atoms with Crippen molar-refractivity contribution in [3.63, 3.8) is 0 Å². The topological polar surface area (TPSA) is 100 Å². The van der Waals surface area contributed by atoms with Crippen LogP contribution in [-0.4, -0.2) is 84.5 Å². The highest BCUT2D eigenvalue weighted by molar-refractivity contribution is 7.89. The van der Waals surface area contributed by atoms with Crippen LogP contribution in [-0.2, 0) is 26.1 Å². The van der Waals surface area contributed by atoms with Gasteiger partial charge in [-0.25, -0.2) is 17.7 Å². The van der Waals surface area contributed by atoms with Gasteiger partial charge in [-0.2, -0.15) is 0 Å². The minimum absolute atomic E-state index is 0. The number of rotatable bonds is 5. The molecule has 0 spiro atoms. The molecule has 9 nitrogen and oxygen atoms in total. The summed E-state index contributed by atoms with van der Waals surface area (Å²) < 4.78 is 30.7. The first-order chi connectivity index (χ1) is 14.2. The van der Waals surface area contributed by atoms with Crippen molar-refractivity contribution >= 4 is 45.6 Å². The van der Waals surface area contributed by atoms with Crippen LogP contribution in [0.15, 0.2) is 17.2 Å². The Kier molecular flexibility index (Phi) is 7.11. The summed E-state index contributed by atoms with van der Waals surface area (Å²) in [4.78, 5) is 34.5. The number of carbonyl (C=O) groups is 2. The molecule has 12 heteroatoms. The van der Waals surface area contributed by atoms with Gasteiger partial charge in [0.25, 0.3) is 5.91 Å². The van der Waals surface area contributed by atoms with Gasteiger partial charge in [-0.05, 0) is 12.0 Å². The number of morpholine rings is 1. The van der Waals surface area contributed by atoms with Crippen molar-refractivity contribution < 1.29 is 22.7 Å². The zero-order chi connectivity index (χ0) is 21.6. The van der Waals surface area contributed by atoms with Crippen molar-refractivity contribution in [1.82, 2.24) is 19.1 Å². The van der Waals surface area contributed by atoms with Crippen molar-refractivity contribution in [1.29, 1.82) is 0 Å². The number of halogens is 1.